The fraction of sp³-hybridized carbons (Fsp3) is 0.250. The van der Waals surface area contributed by atoms with Crippen LogP contribution in [0.4, 0.5) is 0 Å². The van der Waals surface area contributed by atoms with Gasteiger partial charge in [-0.15, -0.1) is 0 Å². The highest BCUT2D eigenvalue weighted by molar-refractivity contribution is 5.88. The number of phenols is 4. The molecule has 0 bridgehead atoms. The smallest absolute Gasteiger partial charge is 0.331 e. The summed E-state index contributed by atoms with van der Waals surface area (Å²) >= 11 is 0. The summed E-state index contributed by atoms with van der Waals surface area (Å²) < 4.78 is 10.9. The molecule has 0 aliphatic heterocycles. The predicted octanol–water partition coefficient (Wildman–Crippen LogP) is 3.63. The first-order chi connectivity index (χ1) is 15.3. The minimum absolute atomic E-state index is 0.247. The van der Waals surface area contributed by atoms with Crippen LogP contribution in [0.2, 0.25) is 0 Å². The third-order valence-electron chi connectivity index (χ3n) is 4.97. The fourth-order valence-corrected chi connectivity index (χ4v) is 3.34. The zero-order valence-electron chi connectivity index (χ0n) is 17.2. The van der Waals surface area contributed by atoms with Gasteiger partial charge >= 0.3 is 11.9 Å². The van der Waals surface area contributed by atoms with Gasteiger partial charge in [0.2, 0.25) is 0 Å². The van der Waals surface area contributed by atoms with Crippen LogP contribution in [0.25, 0.3) is 12.2 Å². The minimum atomic E-state index is -0.554. The highest BCUT2D eigenvalue weighted by Gasteiger charge is 2.26. The quantitative estimate of drug-likeness (QED) is 0.304. The van der Waals surface area contributed by atoms with Gasteiger partial charge in [-0.1, -0.05) is 12.1 Å². The lowest BCUT2D eigenvalue weighted by Gasteiger charge is -2.28. The maximum absolute atomic E-state index is 12.1. The summed E-state index contributed by atoms with van der Waals surface area (Å²) in [5.41, 5.74) is 1.06. The third kappa shape index (κ3) is 6.53. The van der Waals surface area contributed by atoms with Gasteiger partial charge in [-0.2, -0.15) is 0 Å². The maximum atomic E-state index is 12.1. The topological polar surface area (TPSA) is 134 Å². The van der Waals surface area contributed by atoms with Crippen LogP contribution in [0, 0.1) is 0 Å². The number of hydrogen-bond donors (Lipinski definition) is 4. The average Bonchev–Trinajstić information content (AvgIpc) is 2.75. The van der Waals surface area contributed by atoms with Crippen LogP contribution in [0.1, 0.15) is 36.8 Å². The van der Waals surface area contributed by atoms with Crippen molar-refractivity contribution < 1.29 is 39.5 Å². The maximum Gasteiger partial charge on any atom is 0.331 e. The van der Waals surface area contributed by atoms with Gasteiger partial charge < -0.3 is 29.9 Å². The number of aromatic hydroxyl groups is 4. The molecule has 2 aromatic carbocycles. The van der Waals surface area contributed by atoms with E-state index in [0.29, 0.717) is 30.4 Å². The Bertz CT molecular complexity index is 959. The second kappa shape index (κ2) is 10.4. The Labute approximate surface area is 184 Å². The standard InChI is InChI=1S/C24H24O8/c25-19-8-4-15(12-21(19)27)6-10-23(29)31-17-2-1-3-18(14-17)32-24(30)11-7-16-5-9-20(26)22(28)13-16/h4-13,17-18,25-28H,1-3,14H2/b10-6+,11-7+/t17-,18-/m1/s1. The van der Waals surface area contributed by atoms with Crippen molar-refractivity contribution >= 4 is 24.1 Å². The lowest BCUT2D eigenvalue weighted by atomic mass is 9.95. The van der Waals surface area contributed by atoms with Crippen molar-refractivity contribution in [3.63, 3.8) is 0 Å². The van der Waals surface area contributed by atoms with E-state index >= 15 is 0 Å². The number of ether oxygens (including phenoxy) is 2. The van der Waals surface area contributed by atoms with Crippen LogP contribution < -0.4 is 0 Å². The second-order valence-electron chi connectivity index (χ2n) is 7.45. The Morgan fingerprint density at radius 1 is 0.719 bits per heavy atom. The number of carbonyl (C=O) groups excluding carboxylic acids is 2. The van der Waals surface area contributed by atoms with E-state index in [1.807, 2.05) is 0 Å². The number of esters is 2. The summed E-state index contributed by atoms with van der Waals surface area (Å²) in [7, 11) is 0. The molecule has 0 unspecified atom stereocenters. The molecule has 0 spiro atoms. The van der Waals surface area contributed by atoms with Crippen molar-refractivity contribution in [2.24, 2.45) is 0 Å². The lowest BCUT2D eigenvalue weighted by molar-refractivity contribution is -0.152. The molecule has 2 atom stereocenters. The Balaban J connectivity index is 1.48. The molecule has 0 aromatic heterocycles. The van der Waals surface area contributed by atoms with E-state index in [1.165, 1.54) is 48.6 Å². The minimum Gasteiger partial charge on any atom is -0.504 e. The third-order valence-corrected chi connectivity index (χ3v) is 4.97. The Morgan fingerprint density at radius 3 is 1.56 bits per heavy atom. The van der Waals surface area contributed by atoms with Crippen LogP contribution in [-0.2, 0) is 19.1 Å². The zero-order valence-corrected chi connectivity index (χ0v) is 17.2. The van der Waals surface area contributed by atoms with Gasteiger partial charge in [0.25, 0.3) is 0 Å². The molecule has 0 saturated heterocycles. The molecule has 168 valence electrons. The highest BCUT2D eigenvalue weighted by Crippen LogP contribution is 2.27. The van der Waals surface area contributed by atoms with Crippen LogP contribution >= 0.6 is 0 Å². The average molecular weight is 440 g/mol. The van der Waals surface area contributed by atoms with E-state index in [2.05, 4.69) is 0 Å². The van der Waals surface area contributed by atoms with Crippen LogP contribution in [0.5, 0.6) is 23.0 Å². The zero-order chi connectivity index (χ0) is 23.1. The fourth-order valence-electron chi connectivity index (χ4n) is 3.34. The van der Waals surface area contributed by atoms with E-state index in [4.69, 9.17) is 9.47 Å². The van der Waals surface area contributed by atoms with Crippen molar-refractivity contribution in [2.75, 3.05) is 0 Å². The van der Waals surface area contributed by atoms with Crippen molar-refractivity contribution in [1.82, 2.24) is 0 Å². The molecular weight excluding hydrogens is 416 g/mol. The molecule has 1 aliphatic carbocycles. The lowest BCUT2D eigenvalue weighted by Crippen LogP contribution is -2.30. The molecule has 1 saturated carbocycles. The first-order valence-electron chi connectivity index (χ1n) is 10.1. The van der Waals surface area contributed by atoms with Gasteiger partial charge in [-0.3, -0.25) is 0 Å². The van der Waals surface area contributed by atoms with Crippen LogP contribution in [-0.4, -0.2) is 44.6 Å². The Kier molecular flexibility index (Phi) is 7.38. The van der Waals surface area contributed by atoms with Gasteiger partial charge in [0.15, 0.2) is 23.0 Å². The summed E-state index contributed by atoms with van der Waals surface area (Å²) in [4.78, 5) is 24.2. The number of carbonyl (C=O) groups is 2. The summed E-state index contributed by atoms with van der Waals surface area (Å²) in [6.45, 7) is 0. The monoisotopic (exact) mass is 440 g/mol. The van der Waals surface area contributed by atoms with Gasteiger partial charge in [0.05, 0.1) is 0 Å². The molecule has 32 heavy (non-hydrogen) atoms. The first kappa shape index (κ1) is 22.7. The van der Waals surface area contributed by atoms with E-state index in [1.54, 1.807) is 12.1 Å². The largest absolute Gasteiger partial charge is 0.504 e. The second-order valence-corrected chi connectivity index (χ2v) is 7.45. The van der Waals surface area contributed by atoms with E-state index in [0.717, 1.165) is 6.42 Å². The van der Waals surface area contributed by atoms with Crippen molar-refractivity contribution in [2.45, 2.75) is 37.9 Å². The van der Waals surface area contributed by atoms with Gasteiger partial charge in [-0.25, -0.2) is 9.59 Å². The molecule has 8 nitrogen and oxygen atoms in total. The summed E-state index contributed by atoms with van der Waals surface area (Å²) in [6.07, 6.45) is 7.08. The van der Waals surface area contributed by atoms with E-state index in [-0.39, 0.29) is 35.2 Å². The van der Waals surface area contributed by atoms with E-state index in [9.17, 15) is 30.0 Å². The number of benzene rings is 2. The molecule has 1 fully saturated rings. The molecule has 0 radical (unpaired) electrons. The normalized spacial score (nSPS) is 18.6. The highest BCUT2D eigenvalue weighted by atomic mass is 16.6. The molecule has 0 heterocycles. The van der Waals surface area contributed by atoms with Gasteiger partial charge in [0.1, 0.15) is 12.2 Å². The van der Waals surface area contributed by atoms with E-state index < -0.39 is 11.9 Å². The molecule has 4 N–H and O–H groups in total. The summed E-state index contributed by atoms with van der Waals surface area (Å²) in [5.74, 6) is -2.17. The number of hydrogen-bond acceptors (Lipinski definition) is 8. The van der Waals surface area contributed by atoms with Crippen molar-refractivity contribution in [3.05, 3.63) is 59.7 Å². The predicted molar refractivity (Wildman–Crippen MR) is 116 cm³/mol. The molecule has 8 heteroatoms. The number of rotatable bonds is 6. The summed E-state index contributed by atoms with van der Waals surface area (Å²) in [5, 5.41) is 37.6. The molecular formula is C24H24O8. The Morgan fingerprint density at radius 2 is 1.16 bits per heavy atom. The van der Waals surface area contributed by atoms with Crippen LogP contribution in [0.15, 0.2) is 48.6 Å². The first-order valence-corrected chi connectivity index (χ1v) is 10.1. The molecule has 0 amide bonds. The van der Waals surface area contributed by atoms with Gasteiger partial charge in [-0.05, 0) is 66.8 Å². The van der Waals surface area contributed by atoms with Crippen molar-refractivity contribution in [1.29, 1.82) is 0 Å². The summed E-state index contributed by atoms with van der Waals surface area (Å²) in [6, 6.07) is 8.37. The molecule has 3 rings (SSSR count). The molecule has 2 aromatic rings. The Hall–Kier alpha value is -3.94. The van der Waals surface area contributed by atoms with Crippen molar-refractivity contribution in [3.8, 4) is 23.0 Å². The van der Waals surface area contributed by atoms with Crippen LogP contribution in [0.3, 0.4) is 0 Å². The number of phenolic OH excluding ortho intramolecular Hbond substituents is 4. The van der Waals surface area contributed by atoms with Gasteiger partial charge in [0, 0.05) is 18.6 Å². The SMILES string of the molecule is O=C(/C=C/c1ccc(O)c(O)c1)O[C@@H]1CCC[C@@H](OC(=O)/C=C/c2ccc(O)c(O)c2)C1. The molecule has 1 aliphatic rings.